The predicted molar refractivity (Wildman–Crippen MR) is 110 cm³/mol. The minimum absolute atomic E-state index is 0.0713. The maximum Gasteiger partial charge on any atom is 0.170 e. The Kier molecular flexibility index (Phi) is 5.77. The molecule has 1 aliphatic rings. The largest absolute Gasteiger partial charge is 0.409 e. The van der Waals surface area contributed by atoms with E-state index in [2.05, 4.69) is 60.6 Å². The van der Waals surface area contributed by atoms with Crippen LogP contribution in [-0.2, 0) is 11.2 Å². The first-order valence-corrected chi connectivity index (χ1v) is 9.21. The second-order valence-corrected chi connectivity index (χ2v) is 7.03. The van der Waals surface area contributed by atoms with Crippen LogP contribution in [0.2, 0.25) is 0 Å². The second-order valence-electron chi connectivity index (χ2n) is 7.03. The van der Waals surface area contributed by atoms with Gasteiger partial charge in [-0.3, -0.25) is 0 Å². The molecule has 0 aromatic heterocycles. The van der Waals surface area contributed by atoms with Crippen molar-refractivity contribution in [1.82, 2.24) is 0 Å². The van der Waals surface area contributed by atoms with Crippen LogP contribution in [0.25, 0.3) is 11.1 Å². The molecule has 0 radical (unpaired) electrons. The highest BCUT2D eigenvalue weighted by Gasteiger charge is 2.32. The lowest BCUT2D eigenvalue weighted by atomic mass is 9.76. The van der Waals surface area contributed by atoms with Crippen LogP contribution in [0.3, 0.4) is 0 Å². The summed E-state index contributed by atoms with van der Waals surface area (Å²) < 4.78 is 5.93. The lowest BCUT2D eigenvalue weighted by molar-refractivity contribution is 0.0264. The average Bonchev–Trinajstić information content (AvgIpc) is 2.70. The molecule has 4 heteroatoms. The van der Waals surface area contributed by atoms with Gasteiger partial charge in [0.05, 0.1) is 6.10 Å². The molecule has 0 saturated heterocycles. The van der Waals surface area contributed by atoms with Crippen molar-refractivity contribution in [1.29, 1.82) is 0 Å². The highest BCUT2D eigenvalue weighted by Crippen LogP contribution is 2.34. The van der Waals surface area contributed by atoms with Gasteiger partial charge >= 0.3 is 0 Å². The summed E-state index contributed by atoms with van der Waals surface area (Å²) in [5.41, 5.74) is 9.69. The van der Waals surface area contributed by atoms with Gasteiger partial charge in [0.15, 0.2) is 5.84 Å². The Morgan fingerprint density at radius 1 is 1.15 bits per heavy atom. The van der Waals surface area contributed by atoms with Crippen molar-refractivity contribution in [2.75, 3.05) is 6.61 Å². The summed E-state index contributed by atoms with van der Waals surface area (Å²) in [5, 5.41) is 12.2. The summed E-state index contributed by atoms with van der Waals surface area (Å²) in [5.74, 6) is 0.112. The summed E-state index contributed by atoms with van der Waals surface area (Å²) in [6.45, 7) is 4.96. The molecular weight excluding hydrogens is 336 g/mol. The van der Waals surface area contributed by atoms with Gasteiger partial charge in [-0.1, -0.05) is 84.9 Å². The highest BCUT2D eigenvalue weighted by molar-refractivity contribution is 6.03. The number of nitrogens with two attached hydrogens (primary N) is 1. The standard InChI is InChI=1S/C23H26N2O2/c1-3-27-21-10-6-7-15-23(21,2)16-17-11-13-18(14-12-17)19-8-4-5-9-20(19)22(24)25-26/h4-15,21,26H,3,16H2,1-2H3,(H2,24,25). The van der Waals surface area contributed by atoms with Crippen LogP contribution in [0.15, 0.2) is 78.0 Å². The first-order chi connectivity index (χ1) is 13.1. The van der Waals surface area contributed by atoms with Crippen LogP contribution in [-0.4, -0.2) is 23.8 Å². The van der Waals surface area contributed by atoms with Gasteiger partial charge in [0, 0.05) is 17.6 Å². The number of hydrogen-bond donors (Lipinski definition) is 2. The van der Waals surface area contributed by atoms with Gasteiger partial charge in [0.25, 0.3) is 0 Å². The first kappa shape index (κ1) is 18.9. The fourth-order valence-corrected chi connectivity index (χ4v) is 3.59. The fourth-order valence-electron chi connectivity index (χ4n) is 3.59. The molecule has 0 amide bonds. The number of nitrogens with zero attached hydrogens (tertiary/aromatic N) is 1. The Bertz CT molecular complexity index is 868. The van der Waals surface area contributed by atoms with Crippen LogP contribution in [0.4, 0.5) is 0 Å². The Balaban J connectivity index is 1.85. The first-order valence-electron chi connectivity index (χ1n) is 9.21. The molecule has 2 atom stereocenters. The predicted octanol–water partition coefficient (Wildman–Crippen LogP) is 4.53. The SMILES string of the molecule is CCOC1C=CC=CC1(C)Cc1ccc(-c2ccccc2C(N)=NO)cc1. The molecule has 0 heterocycles. The molecule has 0 saturated carbocycles. The van der Waals surface area contributed by atoms with E-state index in [0.29, 0.717) is 6.61 Å². The minimum atomic E-state index is -0.0713. The summed E-state index contributed by atoms with van der Waals surface area (Å²) in [6.07, 6.45) is 9.47. The monoisotopic (exact) mass is 362 g/mol. The third-order valence-corrected chi connectivity index (χ3v) is 5.03. The number of rotatable bonds is 6. The van der Waals surface area contributed by atoms with Crippen molar-refractivity contribution in [3.63, 3.8) is 0 Å². The zero-order valence-corrected chi connectivity index (χ0v) is 15.8. The maximum absolute atomic E-state index is 9.02. The normalized spacial score (nSPS) is 22.1. The van der Waals surface area contributed by atoms with E-state index in [1.165, 1.54) is 5.56 Å². The molecule has 0 bridgehead atoms. The summed E-state index contributed by atoms with van der Waals surface area (Å²) >= 11 is 0. The van der Waals surface area contributed by atoms with Crippen LogP contribution in [0.1, 0.15) is 25.0 Å². The summed E-state index contributed by atoms with van der Waals surface area (Å²) in [4.78, 5) is 0. The van der Waals surface area contributed by atoms with Gasteiger partial charge in [-0.2, -0.15) is 0 Å². The van der Waals surface area contributed by atoms with E-state index in [4.69, 9.17) is 15.7 Å². The van der Waals surface area contributed by atoms with Gasteiger partial charge < -0.3 is 15.7 Å². The van der Waals surface area contributed by atoms with E-state index in [-0.39, 0.29) is 17.4 Å². The van der Waals surface area contributed by atoms with E-state index in [0.717, 1.165) is 23.1 Å². The van der Waals surface area contributed by atoms with E-state index in [1.807, 2.05) is 31.2 Å². The highest BCUT2D eigenvalue weighted by atomic mass is 16.5. The molecule has 2 aromatic rings. The van der Waals surface area contributed by atoms with Crippen LogP contribution in [0.5, 0.6) is 0 Å². The van der Waals surface area contributed by atoms with Crippen molar-refractivity contribution in [3.05, 3.63) is 84.0 Å². The fraction of sp³-hybridized carbons (Fsp3) is 0.261. The zero-order valence-electron chi connectivity index (χ0n) is 15.8. The van der Waals surface area contributed by atoms with Crippen LogP contribution < -0.4 is 5.73 Å². The molecule has 140 valence electrons. The number of ether oxygens (including phenoxy) is 1. The quantitative estimate of drug-likeness (QED) is 0.343. The Hall–Kier alpha value is -2.85. The molecule has 3 N–H and O–H groups in total. The van der Waals surface area contributed by atoms with Crippen molar-refractivity contribution in [2.24, 2.45) is 16.3 Å². The molecule has 0 aliphatic heterocycles. The van der Waals surface area contributed by atoms with E-state index < -0.39 is 0 Å². The third kappa shape index (κ3) is 4.12. The zero-order chi connectivity index (χ0) is 19.3. The van der Waals surface area contributed by atoms with E-state index in [9.17, 15) is 0 Å². The summed E-state index contributed by atoms with van der Waals surface area (Å²) in [7, 11) is 0. The lowest BCUT2D eigenvalue weighted by Gasteiger charge is -2.35. The second kappa shape index (κ2) is 8.23. The topological polar surface area (TPSA) is 67.8 Å². The molecule has 1 aliphatic carbocycles. The van der Waals surface area contributed by atoms with E-state index >= 15 is 0 Å². The van der Waals surface area contributed by atoms with Crippen molar-refractivity contribution >= 4 is 5.84 Å². The number of hydrogen-bond acceptors (Lipinski definition) is 3. The van der Waals surface area contributed by atoms with Gasteiger partial charge in [0.2, 0.25) is 0 Å². The summed E-state index contributed by atoms with van der Waals surface area (Å²) in [6, 6.07) is 16.1. The molecular formula is C23H26N2O2. The number of allylic oxidation sites excluding steroid dienone is 2. The number of benzene rings is 2. The lowest BCUT2D eigenvalue weighted by Crippen LogP contribution is -2.34. The van der Waals surface area contributed by atoms with Gasteiger partial charge in [-0.05, 0) is 30.0 Å². The molecule has 3 rings (SSSR count). The maximum atomic E-state index is 9.02. The number of amidine groups is 1. The van der Waals surface area contributed by atoms with Crippen molar-refractivity contribution < 1.29 is 9.94 Å². The van der Waals surface area contributed by atoms with Crippen molar-refractivity contribution in [2.45, 2.75) is 26.4 Å². The van der Waals surface area contributed by atoms with Crippen LogP contribution >= 0.6 is 0 Å². The third-order valence-electron chi connectivity index (χ3n) is 5.03. The molecule has 27 heavy (non-hydrogen) atoms. The van der Waals surface area contributed by atoms with Gasteiger partial charge in [0.1, 0.15) is 0 Å². The molecule has 4 nitrogen and oxygen atoms in total. The molecule has 0 spiro atoms. The van der Waals surface area contributed by atoms with E-state index in [1.54, 1.807) is 0 Å². The number of oxime groups is 1. The molecule has 2 unspecified atom stereocenters. The Labute approximate surface area is 160 Å². The Morgan fingerprint density at radius 3 is 2.59 bits per heavy atom. The smallest absolute Gasteiger partial charge is 0.170 e. The van der Waals surface area contributed by atoms with Gasteiger partial charge in [-0.25, -0.2) is 0 Å². The Morgan fingerprint density at radius 2 is 1.89 bits per heavy atom. The van der Waals surface area contributed by atoms with Crippen molar-refractivity contribution in [3.8, 4) is 11.1 Å². The average molecular weight is 362 g/mol. The molecule has 2 aromatic carbocycles. The minimum Gasteiger partial charge on any atom is -0.409 e. The molecule has 0 fully saturated rings. The van der Waals surface area contributed by atoms with Gasteiger partial charge in [-0.15, -0.1) is 0 Å². The van der Waals surface area contributed by atoms with Crippen LogP contribution in [0, 0.1) is 5.41 Å².